The van der Waals surface area contributed by atoms with Gasteiger partial charge < -0.3 is 4.74 Å². The van der Waals surface area contributed by atoms with Crippen LogP contribution in [0.2, 0.25) is 0 Å². The van der Waals surface area contributed by atoms with E-state index in [1.165, 1.54) is 6.92 Å². The lowest BCUT2D eigenvalue weighted by molar-refractivity contribution is 0.147. The zero-order valence-corrected chi connectivity index (χ0v) is 9.81. The summed E-state index contributed by atoms with van der Waals surface area (Å²) in [6.45, 7) is 1.51. The van der Waals surface area contributed by atoms with Gasteiger partial charge in [-0.25, -0.2) is 8.42 Å². The normalized spacial score (nSPS) is 25.5. The molecule has 1 aromatic carbocycles. The van der Waals surface area contributed by atoms with Crippen LogP contribution in [0, 0.1) is 0 Å². The molecule has 0 amide bonds. The predicted octanol–water partition coefficient (Wildman–Crippen LogP) is 2.30. The maximum Gasteiger partial charge on any atom is 0.273 e. The van der Waals surface area contributed by atoms with Crippen LogP contribution in [0.1, 0.15) is 18.9 Å². The topological polar surface area (TPSA) is 43.4 Å². The van der Waals surface area contributed by atoms with Crippen LogP contribution < -0.4 is 4.74 Å². The summed E-state index contributed by atoms with van der Waals surface area (Å²) >= 11 is 0. The molecule has 0 saturated carbocycles. The zero-order chi connectivity index (χ0) is 11.1. The highest BCUT2D eigenvalue weighted by atomic mass is 35.7. The molecule has 0 fully saturated rings. The Balaban J connectivity index is 2.41. The highest BCUT2D eigenvalue weighted by Crippen LogP contribution is 2.37. The molecular formula is C10H11ClO3S. The van der Waals surface area contributed by atoms with Crippen molar-refractivity contribution in [3.8, 4) is 5.75 Å². The van der Waals surface area contributed by atoms with Gasteiger partial charge in [-0.1, -0.05) is 18.2 Å². The Morgan fingerprint density at radius 2 is 2.07 bits per heavy atom. The van der Waals surface area contributed by atoms with Crippen molar-refractivity contribution < 1.29 is 13.2 Å². The SMILES string of the molecule is CC1(S(=O)(=O)Cl)CCc2ccccc2O1. The minimum atomic E-state index is -3.72. The Morgan fingerprint density at radius 1 is 1.40 bits per heavy atom. The van der Waals surface area contributed by atoms with E-state index in [2.05, 4.69) is 0 Å². The van der Waals surface area contributed by atoms with E-state index in [4.69, 9.17) is 15.4 Å². The van der Waals surface area contributed by atoms with E-state index in [9.17, 15) is 8.42 Å². The van der Waals surface area contributed by atoms with Gasteiger partial charge in [0.15, 0.2) is 0 Å². The highest BCUT2D eigenvalue weighted by molar-refractivity contribution is 8.14. The van der Waals surface area contributed by atoms with E-state index in [0.717, 1.165) is 5.56 Å². The van der Waals surface area contributed by atoms with Gasteiger partial charge in [-0.05, 0) is 25.0 Å². The molecular weight excluding hydrogens is 236 g/mol. The number of para-hydroxylation sites is 1. The molecule has 1 aromatic rings. The molecule has 1 unspecified atom stereocenters. The van der Waals surface area contributed by atoms with Gasteiger partial charge in [0.05, 0.1) is 0 Å². The fourth-order valence-electron chi connectivity index (χ4n) is 1.63. The quantitative estimate of drug-likeness (QED) is 0.714. The molecule has 5 heteroatoms. The molecule has 1 aliphatic heterocycles. The van der Waals surface area contributed by atoms with Gasteiger partial charge in [-0.2, -0.15) is 0 Å². The van der Waals surface area contributed by atoms with E-state index in [1.807, 2.05) is 18.2 Å². The molecule has 1 aliphatic rings. The first-order valence-electron chi connectivity index (χ1n) is 4.63. The molecule has 82 valence electrons. The maximum absolute atomic E-state index is 11.4. The van der Waals surface area contributed by atoms with E-state index >= 15 is 0 Å². The van der Waals surface area contributed by atoms with Crippen LogP contribution in [0.5, 0.6) is 5.75 Å². The fraction of sp³-hybridized carbons (Fsp3) is 0.400. The lowest BCUT2D eigenvalue weighted by Crippen LogP contribution is -2.41. The average molecular weight is 247 g/mol. The molecule has 0 bridgehead atoms. The second-order valence-corrected chi connectivity index (χ2v) is 6.74. The Morgan fingerprint density at radius 3 is 2.73 bits per heavy atom. The molecule has 0 radical (unpaired) electrons. The molecule has 3 nitrogen and oxygen atoms in total. The van der Waals surface area contributed by atoms with Crippen LogP contribution in [0.15, 0.2) is 24.3 Å². The molecule has 0 aromatic heterocycles. The summed E-state index contributed by atoms with van der Waals surface area (Å²) in [4.78, 5) is -1.30. The van der Waals surface area contributed by atoms with Gasteiger partial charge in [0.25, 0.3) is 9.05 Å². The summed E-state index contributed by atoms with van der Waals surface area (Å²) < 4.78 is 28.2. The monoisotopic (exact) mass is 246 g/mol. The second kappa shape index (κ2) is 3.39. The van der Waals surface area contributed by atoms with E-state index in [1.54, 1.807) is 6.07 Å². The molecule has 1 heterocycles. The number of hydrogen-bond donors (Lipinski definition) is 0. The van der Waals surface area contributed by atoms with Crippen LogP contribution in [0.4, 0.5) is 0 Å². The van der Waals surface area contributed by atoms with Crippen molar-refractivity contribution in [1.29, 1.82) is 0 Å². The summed E-state index contributed by atoms with van der Waals surface area (Å²) in [6.07, 6.45) is 1.05. The molecule has 0 spiro atoms. The summed E-state index contributed by atoms with van der Waals surface area (Å²) in [5, 5.41) is 0. The summed E-state index contributed by atoms with van der Waals surface area (Å²) in [6, 6.07) is 7.40. The number of aryl methyl sites for hydroxylation is 1. The van der Waals surface area contributed by atoms with Crippen molar-refractivity contribution in [3.63, 3.8) is 0 Å². The number of fused-ring (bicyclic) bond motifs is 1. The minimum absolute atomic E-state index is 0.385. The molecule has 0 aliphatic carbocycles. The first kappa shape index (κ1) is 10.8. The third-order valence-electron chi connectivity index (χ3n) is 2.66. The van der Waals surface area contributed by atoms with Gasteiger partial charge >= 0.3 is 0 Å². The van der Waals surface area contributed by atoms with Crippen molar-refractivity contribution in [2.24, 2.45) is 0 Å². The van der Waals surface area contributed by atoms with E-state index < -0.39 is 14.0 Å². The molecule has 2 rings (SSSR count). The summed E-state index contributed by atoms with van der Waals surface area (Å²) in [5.74, 6) is 0.607. The van der Waals surface area contributed by atoms with Gasteiger partial charge in [0.2, 0.25) is 4.93 Å². The fourth-order valence-corrected chi connectivity index (χ4v) is 2.49. The maximum atomic E-state index is 11.4. The number of rotatable bonds is 1. The van der Waals surface area contributed by atoms with Gasteiger partial charge in [-0.3, -0.25) is 0 Å². The van der Waals surface area contributed by atoms with Gasteiger partial charge in [-0.15, -0.1) is 0 Å². The Hall–Kier alpha value is -0.740. The largest absolute Gasteiger partial charge is 0.470 e. The average Bonchev–Trinajstić information content (AvgIpc) is 2.16. The first-order valence-corrected chi connectivity index (χ1v) is 6.94. The summed E-state index contributed by atoms with van der Waals surface area (Å²) in [7, 11) is 1.65. The standard InChI is InChI=1S/C10H11ClO3S/c1-10(15(11,12)13)7-6-8-4-2-3-5-9(8)14-10/h2-5H,6-7H2,1H3. The van der Waals surface area contributed by atoms with Gasteiger partial charge in [0.1, 0.15) is 5.75 Å². The zero-order valence-electron chi connectivity index (χ0n) is 8.23. The smallest absolute Gasteiger partial charge is 0.273 e. The Kier molecular flexibility index (Phi) is 2.43. The minimum Gasteiger partial charge on any atom is -0.470 e. The number of ether oxygens (including phenoxy) is 1. The van der Waals surface area contributed by atoms with Crippen LogP contribution in [-0.2, 0) is 15.5 Å². The molecule has 15 heavy (non-hydrogen) atoms. The predicted molar refractivity (Wildman–Crippen MR) is 58.6 cm³/mol. The molecule has 0 saturated heterocycles. The van der Waals surface area contributed by atoms with Crippen LogP contribution in [0.25, 0.3) is 0 Å². The lowest BCUT2D eigenvalue weighted by Gasteiger charge is -2.32. The summed E-state index contributed by atoms with van der Waals surface area (Å²) in [5.41, 5.74) is 1.02. The van der Waals surface area contributed by atoms with Crippen LogP contribution >= 0.6 is 10.7 Å². The first-order chi connectivity index (χ1) is 6.92. The van der Waals surface area contributed by atoms with Crippen molar-refractivity contribution in [1.82, 2.24) is 0 Å². The van der Waals surface area contributed by atoms with Crippen molar-refractivity contribution >= 4 is 19.7 Å². The van der Waals surface area contributed by atoms with Crippen molar-refractivity contribution in [2.75, 3.05) is 0 Å². The molecule has 1 atom stereocenters. The Labute approximate surface area is 93.4 Å². The number of hydrogen-bond acceptors (Lipinski definition) is 3. The van der Waals surface area contributed by atoms with Crippen molar-refractivity contribution in [2.45, 2.75) is 24.7 Å². The Bertz CT molecular complexity index is 483. The number of benzene rings is 1. The third kappa shape index (κ3) is 1.84. The highest BCUT2D eigenvalue weighted by Gasteiger charge is 2.42. The van der Waals surface area contributed by atoms with E-state index in [-0.39, 0.29) is 0 Å². The van der Waals surface area contributed by atoms with Crippen LogP contribution in [-0.4, -0.2) is 13.4 Å². The second-order valence-electron chi connectivity index (χ2n) is 3.78. The third-order valence-corrected chi connectivity index (χ3v) is 4.96. The van der Waals surface area contributed by atoms with Crippen LogP contribution in [0.3, 0.4) is 0 Å². The van der Waals surface area contributed by atoms with Crippen molar-refractivity contribution in [3.05, 3.63) is 29.8 Å². The van der Waals surface area contributed by atoms with Gasteiger partial charge in [0, 0.05) is 17.1 Å². The van der Waals surface area contributed by atoms with E-state index in [0.29, 0.717) is 18.6 Å². The lowest BCUT2D eigenvalue weighted by atomic mass is 10.0. The number of halogens is 1. The molecule has 0 N–H and O–H groups in total.